The molecule has 0 saturated carbocycles. The highest BCUT2D eigenvalue weighted by Crippen LogP contribution is 2.43. The van der Waals surface area contributed by atoms with E-state index in [-0.39, 0.29) is 0 Å². The van der Waals surface area contributed by atoms with Crippen LogP contribution < -0.4 is 0 Å². The third-order valence-electron chi connectivity index (χ3n) is 13.4. The van der Waals surface area contributed by atoms with Crippen LogP contribution in [0.2, 0.25) is 0 Å². The van der Waals surface area contributed by atoms with Crippen LogP contribution in [0.15, 0.2) is 212 Å². The van der Waals surface area contributed by atoms with E-state index in [1.165, 1.54) is 0 Å². The Morgan fingerprint density at radius 2 is 0.636 bits per heavy atom. The standard InChI is InChI=1S/C64H41F6N7/c1-38-29-47(33-49(31-38)63(65,66)67)44-23-26-54-51(35-44)52-36-45(48-30-39(2)32-50(34-48)64(68,69)70)24-27-55(52)77(54)56-28-25-46(61-73-57(40-15-7-3-8-16-40)71-58(74-61)41-17-9-4-10-18-41)37-53(56)62-75-59(42-19-11-5-12-20-42)72-60(76-62)43-21-13-6-14-22-43/h3-37H,1-2H3. The number of aromatic nitrogens is 7. The lowest BCUT2D eigenvalue weighted by atomic mass is 9.96. The second kappa shape index (κ2) is 19.3. The third kappa shape index (κ3) is 9.59. The molecule has 0 radical (unpaired) electrons. The first-order chi connectivity index (χ1) is 37.2. The molecule has 374 valence electrons. The number of hydrogen-bond acceptors (Lipinski definition) is 6. The summed E-state index contributed by atoms with van der Waals surface area (Å²) in [6, 6.07) is 63.0. The van der Waals surface area contributed by atoms with Crippen molar-refractivity contribution >= 4 is 21.8 Å². The van der Waals surface area contributed by atoms with E-state index in [1.54, 1.807) is 38.1 Å². The molecule has 0 N–H and O–H groups in total. The molecule has 0 fully saturated rings. The molecule has 12 aromatic rings. The summed E-state index contributed by atoms with van der Waals surface area (Å²) in [6.45, 7) is 3.24. The predicted molar refractivity (Wildman–Crippen MR) is 291 cm³/mol. The van der Waals surface area contributed by atoms with Crippen molar-refractivity contribution < 1.29 is 26.3 Å². The second-order valence-corrected chi connectivity index (χ2v) is 18.8. The topological polar surface area (TPSA) is 82.3 Å². The highest BCUT2D eigenvalue weighted by atomic mass is 19.4. The average Bonchev–Trinajstić information content (AvgIpc) is 3.99. The molecule has 0 spiro atoms. The van der Waals surface area contributed by atoms with Crippen LogP contribution in [-0.4, -0.2) is 34.5 Å². The summed E-state index contributed by atoms with van der Waals surface area (Å²) in [5, 5.41) is 1.27. The van der Waals surface area contributed by atoms with Crippen LogP contribution in [0, 0.1) is 13.8 Å². The maximum absolute atomic E-state index is 14.3. The van der Waals surface area contributed by atoms with Crippen LogP contribution in [0.5, 0.6) is 0 Å². The number of fused-ring (bicyclic) bond motifs is 3. The van der Waals surface area contributed by atoms with Crippen LogP contribution in [0.4, 0.5) is 26.3 Å². The first-order valence-electron chi connectivity index (χ1n) is 24.6. The minimum absolute atomic E-state index is 0.303. The quantitative estimate of drug-likeness (QED) is 0.134. The molecule has 0 aliphatic heterocycles. The fourth-order valence-corrected chi connectivity index (χ4v) is 9.78. The van der Waals surface area contributed by atoms with Gasteiger partial charge in [0.05, 0.1) is 27.8 Å². The second-order valence-electron chi connectivity index (χ2n) is 18.8. The lowest BCUT2D eigenvalue weighted by Crippen LogP contribution is -2.05. The lowest BCUT2D eigenvalue weighted by Gasteiger charge is -2.17. The van der Waals surface area contributed by atoms with E-state index in [1.807, 2.05) is 168 Å². The molecule has 0 amide bonds. The number of rotatable bonds is 9. The fraction of sp³-hybridized carbons (Fsp3) is 0.0625. The molecule has 0 bridgehead atoms. The van der Waals surface area contributed by atoms with Crippen molar-refractivity contribution in [3.63, 3.8) is 0 Å². The minimum Gasteiger partial charge on any atom is -0.308 e. The van der Waals surface area contributed by atoms with E-state index in [4.69, 9.17) is 29.9 Å². The van der Waals surface area contributed by atoms with E-state index in [9.17, 15) is 26.3 Å². The van der Waals surface area contributed by atoms with Crippen molar-refractivity contribution in [3.05, 3.63) is 235 Å². The Balaban J connectivity index is 1.15. The van der Waals surface area contributed by atoms with Gasteiger partial charge in [-0.2, -0.15) is 26.3 Å². The Bertz CT molecular complexity index is 3960. The van der Waals surface area contributed by atoms with Gasteiger partial charge in [0.25, 0.3) is 0 Å². The van der Waals surface area contributed by atoms with Gasteiger partial charge in [-0.1, -0.05) is 146 Å². The van der Waals surface area contributed by atoms with Crippen molar-refractivity contribution in [3.8, 4) is 96.3 Å². The molecule has 3 aromatic heterocycles. The van der Waals surface area contributed by atoms with Gasteiger partial charge in [-0.15, -0.1) is 0 Å². The van der Waals surface area contributed by atoms with Crippen molar-refractivity contribution in [1.29, 1.82) is 0 Å². The maximum Gasteiger partial charge on any atom is 0.416 e. The van der Waals surface area contributed by atoms with Crippen LogP contribution in [0.3, 0.4) is 0 Å². The SMILES string of the molecule is Cc1cc(-c2ccc3c(c2)c2cc(-c4cc(C)cc(C(F)(F)F)c4)ccc2n3-c2ccc(-c3nc(-c4ccccc4)nc(-c4ccccc4)n3)cc2-c2nc(-c3ccccc3)nc(-c3ccccc3)n2)cc(C(F)(F)F)c1. The highest BCUT2D eigenvalue weighted by Gasteiger charge is 2.32. The van der Waals surface area contributed by atoms with Gasteiger partial charge in [0, 0.05) is 44.2 Å². The van der Waals surface area contributed by atoms with E-state index < -0.39 is 23.5 Å². The summed E-state index contributed by atoms with van der Waals surface area (Å²) in [5.41, 5.74) is 7.12. The van der Waals surface area contributed by atoms with E-state index >= 15 is 0 Å². The minimum atomic E-state index is -4.59. The molecule has 0 unspecified atom stereocenters. The van der Waals surface area contributed by atoms with Crippen molar-refractivity contribution in [1.82, 2.24) is 34.5 Å². The number of nitrogens with zero attached hydrogens (tertiary/aromatic N) is 7. The molecule has 7 nitrogen and oxygen atoms in total. The number of alkyl halides is 6. The molecular formula is C64H41F6N7. The molecule has 12 rings (SSSR count). The molecule has 0 aliphatic rings. The van der Waals surface area contributed by atoms with Crippen LogP contribution in [0.1, 0.15) is 22.3 Å². The number of aryl methyl sites for hydroxylation is 2. The largest absolute Gasteiger partial charge is 0.416 e. The van der Waals surface area contributed by atoms with Gasteiger partial charge in [0.15, 0.2) is 34.9 Å². The summed E-state index contributed by atoms with van der Waals surface area (Å²) >= 11 is 0. The highest BCUT2D eigenvalue weighted by molar-refractivity contribution is 6.12. The van der Waals surface area contributed by atoms with Gasteiger partial charge in [-0.25, -0.2) is 29.9 Å². The molecule has 77 heavy (non-hydrogen) atoms. The van der Waals surface area contributed by atoms with Crippen LogP contribution >= 0.6 is 0 Å². The monoisotopic (exact) mass is 1020 g/mol. The van der Waals surface area contributed by atoms with Crippen molar-refractivity contribution in [2.75, 3.05) is 0 Å². The van der Waals surface area contributed by atoms with Gasteiger partial charge in [-0.3, -0.25) is 0 Å². The van der Waals surface area contributed by atoms with Crippen molar-refractivity contribution in [2.24, 2.45) is 0 Å². The molecule has 9 aromatic carbocycles. The van der Waals surface area contributed by atoms with Gasteiger partial charge in [0.2, 0.25) is 0 Å². The zero-order chi connectivity index (χ0) is 53.0. The fourth-order valence-electron chi connectivity index (χ4n) is 9.78. The Morgan fingerprint density at radius 3 is 1.00 bits per heavy atom. The van der Waals surface area contributed by atoms with E-state index in [2.05, 4.69) is 0 Å². The molecule has 0 atom stereocenters. The molecule has 3 heterocycles. The molecule has 13 heteroatoms. The van der Waals surface area contributed by atoms with E-state index in [0.717, 1.165) is 46.5 Å². The summed E-state index contributed by atoms with van der Waals surface area (Å²) in [4.78, 5) is 30.5. The Kier molecular flexibility index (Phi) is 12.1. The third-order valence-corrected chi connectivity index (χ3v) is 13.4. The first-order valence-corrected chi connectivity index (χ1v) is 24.6. The van der Waals surface area contributed by atoms with Crippen LogP contribution in [-0.2, 0) is 12.4 Å². The Morgan fingerprint density at radius 1 is 0.299 bits per heavy atom. The smallest absolute Gasteiger partial charge is 0.308 e. The maximum atomic E-state index is 14.3. The summed E-state index contributed by atoms with van der Waals surface area (Å²) < 4.78 is 87.9. The molecular weight excluding hydrogens is 981 g/mol. The summed E-state index contributed by atoms with van der Waals surface area (Å²) in [7, 11) is 0. The Hall–Kier alpha value is -9.62. The number of hydrogen-bond donors (Lipinski definition) is 0. The number of benzene rings is 9. The summed E-state index contributed by atoms with van der Waals surface area (Å²) in [5.74, 6) is 2.41. The average molecular weight is 1020 g/mol. The van der Waals surface area contributed by atoms with E-state index in [0.29, 0.717) is 107 Å². The normalized spacial score (nSPS) is 11.9. The van der Waals surface area contributed by atoms with Gasteiger partial charge < -0.3 is 4.57 Å². The van der Waals surface area contributed by atoms with Gasteiger partial charge in [0.1, 0.15) is 0 Å². The Labute approximate surface area is 437 Å². The first kappa shape index (κ1) is 48.3. The number of halogens is 6. The molecule has 0 aliphatic carbocycles. The van der Waals surface area contributed by atoms with Crippen LogP contribution in [0.25, 0.3) is 118 Å². The summed E-state index contributed by atoms with van der Waals surface area (Å²) in [6.07, 6.45) is -9.19. The van der Waals surface area contributed by atoms with Gasteiger partial charge in [-0.05, 0) is 114 Å². The van der Waals surface area contributed by atoms with Crippen molar-refractivity contribution in [2.45, 2.75) is 26.2 Å². The zero-order valence-corrected chi connectivity index (χ0v) is 41.1. The lowest BCUT2D eigenvalue weighted by molar-refractivity contribution is -0.138. The zero-order valence-electron chi connectivity index (χ0n) is 41.1. The predicted octanol–water partition coefficient (Wildman–Crippen LogP) is 17.1. The van der Waals surface area contributed by atoms with Gasteiger partial charge >= 0.3 is 12.4 Å². The molecule has 0 saturated heterocycles.